The fraction of sp³-hybridized carbons (Fsp3) is 0.571. The minimum atomic E-state index is -0.877. The maximum absolute atomic E-state index is 13.7. The van der Waals surface area contributed by atoms with Gasteiger partial charge >= 0.3 is 0 Å². The summed E-state index contributed by atoms with van der Waals surface area (Å²) in [6, 6.07) is 5.02. The summed E-state index contributed by atoms with van der Waals surface area (Å²) >= 11 is 0. The average Bonchev–Trinajstić information content (AvgIpc) is 2.72. The summed E-state index contributed by atoms with van der Waals surface area (Å²) in [5, 5.41) is 10.8. The van der Waals surface area contributed by atoms with Crippen LogP contribution in [0.2, 0.25) is 0 Å². The van der Waals surface area contributed by atoms with Gasteiger partial charge in [0.25, 0.3) is 0 Å². The minimum Gasteiger partial charge on any atom is -0.385 e. The van der Waals surface area contributed by atoms with Crippen molar-refractivity contribution >= 4 is 0 Å². The Labute approximate surface area is 100 Å². The molecule has 3 rings (SSSR count). The van der Waals surface area contributed by atoms with Crippen LogP contribution in [0, 0.1) is 11.7 Å². The molecule has 1 fully saturated rings. The van der Waals surface area contributed by atoms with Gasteiger partial charge in [0, 0.05) is 12.5 Å². The van der Waals surface area contributed by atoms with Crippen LogP contribution in [0.1, 0.15) is 30.4 Å². The number of benzene rings is 1. The molecule has 0 aromatic heterocycles. The molecule has 0 amide bonds. The van der Waals surface area contributed by atoms with Gasteiger partial charge in [-0.15, -0.1) is 0 Å². The van der Waals surface area contributed by atoms with Crippen LogP contribution in [0.3, 0.4) is 0 Å². The lowest BCUT2D eigenvalue weighted by Crippen LogP contribution is -2.38. The molecule has 1 N–H and O–H groups in total. The maximum Gasteiger partial charge on any atom is 0.126 e. The van der Waals surface area contributed by atoms with Crippen LogP contribution in [-0.2, 0) is 16.8 Å². The Morgan fingerprint density at radius 2 is 2.29 bits per heavy atom. The van der Waals surface area contributed by atoms with E-state index in [2.05, 4.69) is 0 Å². The van der Waals surface area contributed by atoms with E-state index in [4.69, 9.17) is 4.74 Å². The zero-order chi connectivity index (χ0) is 11.9. The molecule has 1 aliphatic carbocycles. The molecule has 1 aromatic rings. The van der Waals surface area contributed by atoms with E-state index in [1.807, 2.05) is 6.07 Å². The van der Waals surface area contributed by atoms with Crippen molar-refractivity contribution in [2.75, 3.05) is 13.2 Å². The van der Waals surface area contributed by atoms with Crippen molar-refractivity contribution in [1.82, 2.24) is 0 Å². The second-order valence-corrected chi connectivity index (χ2v) is 5.10. The molecule has 0 saturated carbocycles. The zero-order valence-corrected chi connectivity index (χ0v) is 9.79. The largest absolute Gasteiger partial charge is 0.385 e. The first-order valence-corrected chi connectivity index (χ1v) is 6.30. The fourth-order valence-corrected chi connectivity index (χ4v) is 3.21. The third kappa shape index (κ3) is 1.69. The summed E-state index contributed by atoms with van der Waals surface area (Å²) in [6.45, 7) is 1.37. The number of fused-ring (bicyclic) bond motifs is 1. The molecule has 17 heavy (non-hydrogen) atoms. The third-order valence-corrected chi connectivity index (χ3v) is 4.18. The van der Waals surface area contributed by atoms with E-state index in [1.165, 1.54) is 6.07 Å². The topological polar surface area (TPSA) is 29.5 Å². The summed E-state index contributed by atoms with van der Waals surface area (Å²) in [4.78, 5) is 0. The van der Waals surface area contributed by atoms with E-state index >= 15 is 0 Å². The molecule has 2 aliphatic rings. The number of hydrogen-bond acceptors (Lipinski definition) is 2. The lowest BCUT2D eigenvalue weighted by Gasteiger charge is -2.36. The minimum absolute atomic E-state index is 0.110. The summed E-state index contributed by atoms with van der Waals surface area (Å²) < 4.78 is 19.1. The predicted octanol–water partition coefficient (Wildman–Crippen LogP) is 2.39. The number of aliphatic hydroxyl groups is 1. The summed E-state index contributed by atoms with van der Waals surface area (Å²) in [7, 11) is 0. The van der Waals surface area contributed by atoms with E-state index < -0.39 is 5.60 Å². The molecule has 92 valence electrons. The van der Waals surface area contributed by atoms with Crippen molar-refractivity contribution in [2.24, 2.45) is 5.92 Å². The fourth-order valence-electron chi connectivity index (χ4n) is 3.21. The van der Waals surface area contributed by atoms with Crippen molar-refractivity contribution in [2.45, 2.75) is 31.3 Å². The van der Waals surface area contributed by atoms with Crippen molar-refractivity contribution in [1.29, 1.82) is 0 Å². The van der Waals surface area contributed by atoms with Crippen LogP contribution in [0.4, 0.5) is 4.39 Å². The monoisotopic (exact) mass is 236 g/mol. The summed E-state index contributed by atoms with van der Waals surface area (Å²) in [5.41, 5.74) is 0.603. The third-order valence-electron chi connectivity index (χ3n) is 4.18. The van der Waals surface area contributed by atoms with E-state index in [-0.39, 0.29) is 11.7 Å². The van der Waals surface area contributed by atoms with Crippen LogP contribution in [-0.4, -0.2) is 18.3 Å². The first-order chi connectivity index (χ1) is 8.22. The van der Waals surface area contributed by atoms with Crippen molar-refractivity contribution in [3.05, 3.63) is 35.1 Å². The van der Waals surface area contributed by atoms with Crippen LogP contribution >= 0.6 is 0 Å². The van der Waals surface area contributed by atoms with Gasteiger partial charge in [-0.3, -0.25) is 0 Å². The Hall–Kier alpha value is -0.930. The molecule has 0 spiro atoms. The molecule has 3 heteroatoms. The Bertz CT molecular complexity index is 426. The molecule has 2 nitrogen and oxygen atoms in total. The maximum atomic E-state index is 13.7. The highest BCUT2D eigenvalue weighted by molar-refractivity contribution is 5.38. The van der Waals surface area contributed by atoms with Crippen LogP contribution in [0.5, 0.6) is 0 Å². The van der Waals surface area contributed by atoms with Crippen molar-refractivity contribution in [3.8, 4) is 0 Å². The van der Waals surface area contributed by atoms with Gasteiger partial charge in [-0.25, -0.2) is 4.39 Å². The van der Waals surface area contributed by atoms with E-state index in [1.54, 1.807) is 6.07 Å². The van der Waals surface area contributed by atoms with Gasteiger partial charge in [0.05, 0.1) is 12.2 Å². The normalized spacial score (nSPS) is 32.5. The van der Waals surface area contributed by atoms with Crippen LogP contribution in [0.15, 0.2) is 18.2 Å². The van der Waals surface area contributed by atoms with Crippen molar-refractivity contribution < 1.29 is 14.2 Å². The number of hydrogen-bond donors (Lipinski definition) is 1. The van der Waals surface area contributed by atoms with Gasteiger partial charge in [0.1, 0.15) is 5.82 Å². The van der Waals surface area contributed by atoms with Gasteiger partial charge in [0.2, 0.25) is 0 Å². The molecule has 0 radical (unpaired) electrons. The van der Waals surface area contributed by atoms with E-state index in [0.29, 0.717) is 25.0 Å². The predicted molar refractivity (Wildman–Crippen MR) is 62.2 cm³/mol. The Balaban J connectivity index is 1.98. The van der Waals surface area contributed by atoms with Gasteiger partial charge in [-0.2, -0.15) is 0 Å². The Kier molecular flexibility index (Phi) is 2.68. The molecule has 1 heterocycles. The molecule has 1 aromatic carbocycles. The average molecular weight is 236 g/mol. The first-order valence-electron chi connectivity index (χ1n) is 6.30. The molecule has 2 unspecified atom stereocenters. The molecule has 1 saturated heterocycles. The van der Waals surface area contributed by atoms with Gasteiger partial charge in [-0.05, 0) is 42.9 Å². The molecule has 0 bridgehead atoms. The lowest BCUT2D eigenvalue weighted by molar-refractivity contribution is -0.0828. The lowest BCUT2D eigenvalue weighted by atomic mass is 9.79. The van der Waals surface area contributed by atoms with Crippen molar-refractivity contribution in [3.63, 3.8) is 0 Å². The highest BCUT2D eigenvalue weighted by Gasteiger charge is 2.44. The number of ether oxygens (including phenoxy) is 1. The summed E-state index contributed by atoms with van der Waals surface area (Å²) in [5.74, 6) is -0.0746. The van der Waals surface area contributed by atoms with Gasteiger partial charge in [-0.1, -0.05) is 12.1 Å². The first kappa shape index (κ1) is 11.2. The smallest absolute Gasteiger partial charge is 0.126 e. The molecule has 1 aliphatic heterocycles. The number of halogens is 1. The molecular formula is C14H17FO2. The zero-order valence-electron chi connectivity index (χ0n) is 9.79. The molecular weight excluding hydrogens is 219 g/mol. The van der Waals surface area contributed by atoms with Crippen LogP contribution < -0.4 is 0 Å². The van der Waals surface area contributed by atoms with Crippen LogP contribution in [0.25, 0.3) is 0 Å². The summed E-state index contributed by atoms with van der Waals surface area (Å²) in [6.07, 6.45) is 3.20. The molecule has 2 atom stereocenters. The quantitative estimate of drug-likeness (QED) is 0.811. The highest BCUT2D eigenvalue weighted by atomic mass is 19.1. The second-order valence-electron chi connectivity index (χ2n) is 5.10. The van der Waals surface area contributed by atoms with Gasteiger partial charge in [0.15, 0.2) is 0 Å². The standard InChI is InChI=1S/C14H17FO2/c15-13-5-1-4-12-11(13)6-7-14(12,16)10-3-2-8-17-9-10/h1,4-5,10,16H,2-3,6-9H2. The Morgan fingerprint density at radius 3 is 3.06 bits per heavy atom. The SMILES string of the molecule is OC1(C2CCCOC2)CCc2c(F)cccc21. The van der Waals surface area contributed by atoms with E-state index in [0.717, 1.165) is 25.0 Å². The van der Waals surface area contributed by atoms with E-state index in [9.17, 15) is 9.50 Å². The van der Waals surface area contributed by atoms with Gasteiger partial charge < -0.3 is 9.84 Å². The highest BCUT2D eigenvalue weighted by Crippen LogP contribution is 2.45. The Morgan fingerprint density at radius 1 is 1.41 bits per heavy atom. The number of rotatable bonds is 1. The second kappa shape index (κ2) is 4.07.